The van der Waals surface area contributed by atoms with Crippen molar-refractivity contribution in [3.63, 3.8) is 0 Å². The van der Waals surface area contributed by atoms with Gasteiger partial charge in [-0.05, 0) is 24.7 Å². The number of nitrogens with two attached hydrogens (primary N) is 1. The SMILES string of the molecule is CC(C)C[C@H](O)[C@H](O)[C@@H](N)CC1CCCCC1.O=C(O)CC(O)(CC(=O)O)C(=O)O. The van der Waals surface area contributed by atoms with Crippen molar-refractivity contribution in [2.24, 2.45) is 17.6 Å². The van der Waals surface area contributed by atoms with E-state index in [4.69, 9.17) is 26.2 Å². The maximum atomic E-state index is 10.3. The predicted molar refractivity (Wildman–Crippen MR) is 108 cm³/mol. The van der Waals surface area contributed by atoms with Crippen LogP contribution in [0.1, 0.15) is 71.6 Å². The van der Waals surface area contributed by atoms with Crippen LogP contribution in [0, 0.1) is 11.8 Å². The topological polar surface area (TPSA) is 199 Å². The summed E-state index contributed by atoms with van der Waals surface area (Å²) in [6, 6.07) is -0.271. The molecular weight excluding hydrogens is 398 g/mol. The molecular formula is C20H37NO9. The summed E-state index contributed by atoms with van der Waals surface area (Å²) < 4.78 is 0. The number of rotatable bonds is 11. The Balaban J connectivity index is 0.000000584. The summed E-state index contributed by atoms with van der Waals surface area (Å²) in [5, 5.41) is 53.7. The molecule has 0 spiro atoms. The molecule has 1 rings (SSSR count). The van der Waals surface area contributed by atoms with Gasteiger partial charge in [0.05, 0.1) is 25.0 Å². The standard InChI is InChI=1S/C14H29NO2.C6H8O7/c1-10(2)8-13(16)14(17)12(15)9-11-6-4-3-5-7-11;7-3(8)1-6(13,5(11)12)2-4(9)10/h10-14,16-17H,3-9,15H2,1-2H3;13H,1-2H2,(H,7,8)(H,9,10)(H,11,12)/t12-,13-,14+;/m0./s1. The molecule has 0 aliphatic heterocycles. The van der Waals surface area contributed by atoms with Crippen LogP contribution in [0.15, 0.2) is 0 Å². The number of carbonyl (C=O) groups is 3. The molecule has 0 bridgehead atoms. The fourth-order valence-corrected chi connectivity index (χ4v) is 3.57. The van der Waals surface area contributed by atoms with Gasteiger partial charge in [0, 0.05) is 6.04 Å². The molecule has 1 aliphatic rings. The number of carboxylic acid groups (broad SMARTS) is 3. The zero-order valence-electron chi connectivity index (χ0n) is 17.7. The van der Waals surface area contributed by atoms with E-state index in [0.717, 1.165) is 6.42 Å². The maximum Gasteiger partial charge on any atom is 0.336 e. The van der Waals surface area contributed by atoms with Gasteiger partial charge in [0.2, 0.25) is 0 Å². The first-order valence-electron chi connectivity index (χ1n) is 10.3. The van der Waals surface area contributed by atoms with Crippen LogP contribution in [0.3, 0.4) is 0 Å². The number of hydrogen-bond donors (Lipinski definition) is 7. The summed E-state index contributed by atoms with van der Waals surface area (Å²) in [4.78, 5) is 30.5. The molecule has 0 amide bonds. The smallest absolute Gasteiger partial charge is 0.336 e. The second kappa shape index (κ2) is 13.5. The highest BCUT2D eigenvalue weighted by molar-refractivity contribution is 5.88. The monoisotopic (exact) mass is 435 g/mol. The van der Waals surface area contributed by atoms with E-state index in [1.54, 1.807) is 0 Å². The van der Waals surface area contributed by atoms with Crippen LogP contribution in [0.2, 0.25) is 0 Å². The Morgan fingerprint density at radius 1 is 0.967 bits per heavy atom. The van der Waals surface area contributed by atoms with E-state index < -0.39 is 48.6 Å². The lowest BCUT2D eigenvalue weighted by molar-refractivity contribution is -0.170. The van der Waals surface area contributed by atoms with E-state index in [-0.39, 0.29) is 6.04 Å². The molecule has 0 saturated heterocycles. The first kappa shape index (κ1) is 28.2. The number of aliphatic hydroxyl groups is 3. The van der Waals surface area contributed by atoms with Gasteiger partial charge in [0.15, 0.2) is 5.60 Å². The molecule has 0 aromatic heterocycles. The van der Waals surface area contributed by atoms with Gasteiger partial charge >= 0.3 is 17.9 Å². The summed E-state index contributed by atoms with van der Waals surface area (Å²) in [6.07, 6.45) is 4.15. The summed E-state index contributed by atoms with van der Waals surface area (Å²) in [5.41, 5.74) is 3.28. The van der Waals surface area contributed by atoms with Crippen LogP contribution in [0.5, 0.6) is 0 Å². The normalized spacial score (nSPS) is 18.1. The van der Waals surface area contributed by atoms with Crippen molar-refractivity contribution < 1.29 is 45.0 Å². The van der Waals surface area contributed by atoms with Crippen molar-refractivity contribution in [3.8, 4) is 0 Å². The van der Waals surface area contributed by atoms with Crippen LogP contribution in [-0.2, 0) is 14.4 Å². The molecule has 0 unspecified atom stereocenters. The molecule has 0 aromatic rings. The summed E-state index contributed by atoms with van der Waals surface area (Å²) >= 11 is 0. The van der Waals surface area contributed by atoms with Crippen LogP contribution in [-0.4, -0.2) is 72.4 Å². The minimum Gasteiger partial charge on any atom is -0.481 e. The van der Waals surface area contributed by atoms with Gasteiger partial charge in [-0.25, -0.2) is 4.79 Å². The van der Waals surface area contributed by atoms with Crippen molar-refractivity contribution in [2.45, 2.75) is 95.5 Å². The summed E-state index contributed by atoms with van der Waals surface area (Å²) in [7, 11) is 0. The number of aliphatic carboxylic acids is 3. The highest BCUT2D eigenvalue weighted by Crippen LogP contribution is 2.28. The maximum absolute atomic E-state index is 10.3. The van der Waals surface area contributed by atoms with Crippen molar-refractivity contribution in [1.29, 1.82) is 0 Å². The Morgan fingerprint density at radius 3 is 1.80 bits per heavy atom. The molecule has 1 fully saturated rings. The molecule has 10 nitrogen and oxygen atoms in total. The quantitative estimate of drug-likeness (QED) is 0.243. The molecule has 0 radical (unpaired) electrons. The second-order valence-corrected chi connectivity index (χ2v) is 8.57. The van der Waals surface area contributed by atoms with Crippen LogP contribution >= 0.6 is 0 Å². The minimum absolute atomic E-state index is 0.271. The molecule has 30 heavy (non-hydrogen) atoms. The van der Waals surface area contributed by atoms with E-state index >= 15 is 0 Å². The van der Waals surface area contributed by atoms with Gasteiger partial charge in [-0.1, -0.05) is 46.0 Å². The van der Waals surface area contributed by atoms with Crippen LogP contribution < -0.4 is 5.73 Å². The van der Waals surface area contributed by atoms with Gasteiger partial charge < -0.3 is 36.4 Å². The molecule has 10 heteroatoms. The highest BCUT2D eigenvalue weighted by Gasteiger charge is 2.40. The molecule has 1 saturated carbocycles. The fourth-order valence-electron chi connectivity index (χ4n) is 3.57. The van der Waals surface area contributed by atoms with Gasteiger partial charge in [-0.2, -0.15) is 0 Å². The highest BCUT2D eigenvalue weighted by atomic mass is 16.4. The third-order valence-electron chi connectivity index (χ3n) is 5.16. The van der Waals surface area contributed by atoms with E-state index in [1.165, 1.54) is 32.1 Å². The molecule has 3 atom stereocenters. The Morgan fingerprint density at radius 2 is 1.43 bits per heavy atom. The Labute approximate surface area is 176 Å². The van der Waals surface area contributed by atoms with Gasteiger partial charge in [-0.3, -0.25) is 9.59 Å². The third-order valence-corrected chi connectivity index (χ3v) is 5.16. The van der Waals surface area contributed by atoms with E-state index in [1.807, 2.05) is 13.8 Å². The van der Waals surface area contributed by atoms with E-state index in [0.29, 0.717) is 18.3 Å². The lowest BCUT2D eigenvalue weighted by Crippen LogP contribution is -2.44. The lowest BCUT2D eigenvalue weighted by Gasteiger charge is -2.29. The molecule has 1 aliphatic carbocycles. The Bertz CT molecular complexity index is 530. The second-order valence-electron chi connectivity index (χ2n) is 8.57. The van der Waals surface area contributed by atoms with E-state index in [2.05, 4.69) is 0 Å². The Hall–Kier alpha value is -1.75. The minimum atomic E-state index is -2.74. The third kappa shape index (κ3) is 11.4. The lowest BCUT2D eigenvalue weighted by atomic mass is 9.83. The van der Waals surface area contributed by atoms with Crippen molar-refractivity contribution >= 4 is 17.9 Å². The number of carboxylic acids is 3. The van der Waals surface area contributed by atoms with Crippen molar-refractivity contribution in [1.82, 2.24) is 0 Å². The van der Waals surface area contributed by atoms with Crippen molar-refractivity contribution in [3.05, 3.63) is 0 Å². The molecule has 0 heterocycles. The summed E-state index contributed by atoms with van der Waals surface area (Å²) in [5.74, 6) is -3.98. The zero-order chi connectivity index (χ0) is 23.5. The predicted octanol–water partition coefficient (Wildman–Crippen LogP) is 0.804. The van der Waals surface area contributed by atoms with Gasteiger partial charge in [0.25, 0.3) is 0 Å². The Kier molecular flexibility index (Phi) is 12.7. The molecule has 0 aromatic carbocycles. The fraction of sp³-hybridized carbons (Fsp3) is 0.850. The van der Waals surface area contributed by atoms with Crippen LogP contribution in [0.4, 0.5) is 0 Å². The largest absolute Gasteiger partial charge is 0.481 e. The molecule has 8 N–H and O–H groups in total. The first-order valence-corrected chi connectivity index (χ1v) is 10.3. The van der Waals surface area contributed by atoms with Crippen LogP contribution in [0.25, 0.3) is 0 Å². The van der Waals surface area contributed by atoms with E-state index in [9.17, 15) is 24.6 Å². The summed E-state index contributed by atoms with van der Waals surface area (Å²) in [6.45, 7) is 4.09. The van der Waals surface area contributed by atoms with Gasteiger partial charge in [0.1, 0.15) is 0 Å². The average Bonchev–Trinajstić information content (AvgIpc) is 2.60. The van der Waals surface area contributed by atoms with Gasteiger partial charge in [-0.15, -0.1) is 0 Å². The number of hydrogen-bond acceptors (Lipinski definition) is 7. The zero-order valence-corrected chi connectivity index (χ0v) is 17.7. The number of aliphatic hydroxyl groups excluding tert-OH is 2. The molecule has 176 valence electrons. The first-order chi connectivity index (χ1) is 13.8. The average molecular weight is 436 g/mol. The van der Waals surface area contributed by atoms with Crippen molar-refractivity contribution in [2.75, 3.05) is 0 Å².